The molecule has 0 saturated carbocycles. The molecule has 1 unspecified atom stereocenters. The first-order valence-electron chi connectivity index (χ1n) is 21.6. The van der Waals surface area contributed by atoms with Crippen LogP contribution in [0.1, 0.15) is 219 Å². The van der Waals surface area contributed by atoms with Gasteiger partial charge in [-0.25, -0.2) is 0 Å². The van der Waals surface area contributed by atoms with E-state index in [9.17, 15) is 9.90 Å². The summed E-state index contributed by atoms with van der Waals surface area (Å²) in [7, 11) is 0. The molecule has 0 heterocycles. The largest absolute Gasteiger partial charge is 0.457 e. The maximum atomic E-state index is 12.2. The van der Waals surface area contributed by atoms with Gasteiger partial charge in [0.05, 0.1) is 13.2 Å². The van der Waals surface area contributed by atoms with Crippen molar-refractivity contribution in [3.63, 3.8) is 0 Å². The molecular weight excluding hydrogens is 604 g/mol. The third kappa shape index (κ3) is 40.9. The van der Waals surface area contributed by atoms with Gasteiger partial charge in [0, 0.05) is 13.0 Å². The lowest BCUT2D eigenvalue weighted by molar-refractivity contribution is -0.154. The van der Waals surface area contributed by atoms with Gasteiger partial charge in [-0.1, -0.05) is 185 Å². The van der Waals surface area contributed by atoms with Crippen molar-refractivity contribution in [2.75, 3.05) is 19.8 Å². The molecule has 4 nitrogen and oxygen atoms in total. The molecule has 49 heavy (non-hydrogen) atoms. The minimum absolute atomic E-state index is 0.173. The van der Waals surface area contributed by atoms with Gasteiger partial charge in [-0.3, -0.25) is 4.79 Å². The minimum Gasteiger partial charge on any atom is -0.457 e. The highest BCUT2D eigenvalue weighted by atomic mass is 16.6. The zero-order chi connectivity index (χ0) is 35.6. The number of aliphatic hydroxyl groups excluding tert-OH is 1. The number of ether oxygens (including phenoxy) is 2. The van der Waals surface area contributed by atoms with Gasteiger partial charge >= 0.3 is 5.97 Å². The molecule has 0 aliphatic heterocycles. The normalized spacial score (nSPS) is 12.6. The maximum absolute atomic E-state index is 12.2. The Morgan fingerprint density at radius 2 is 0.878 bits per heavy atom. The van der Waals surface area contributed by atoms with E-state index in [1.807, 2.05) is 0 Å². The van der Waals surface area contributed by atoms with Crippen molar-refractivity contribution in [2.45, 2.75) is 225 Å². The lowest BCUT2D eigenvalue weighted by Crippen LogP contribution is -2.27. The first-order valence-corrected chi connectivity index (χ1v) is 21.6. The SMILES string of the molecule is CCCC/C=C\CCCCCCCCOCC(CO)OC(=O)CCCCCCCCCCCCCCC/C=C\C/C=C\CCCCCCC. The summed E-state index contributed by atoms with van der Waals surface area (Å²) in [5, 5.41) is 9.58. The summed E-state index contributed by atoms with van der Waals surface area (Å²) < 4.78 is 11.1. The zero-order valence-corrected chi connectivity index (χ0v) is 33.0. The lowest BCUT2D eigenvalue weighted by atomic mass is 10.0. The Labute approximate surface area is 306 Å². The average molecular weight is 689 g/mol. The number of carbonyl (C=O) groups excluding carboxylic acids is 1. The Morgan fingerprint density at radius 1 is 0.490 bits per heavy atom. The molecule has 4 heteroatoms. The maximum Gasteiger partial charge on any atom is 0.306 e. The number of carbonyl (C=O) groups is 1. The molecule has 0 aromatic rings. The third-order valence-electron chi connectivity index (χ3n) is 9.44. The van der Waals surface area contributed by atoms with Crippen LogP contribution >= 0.6 is 0 Å². The first-order chi connectivity index (χ1) is 24.2. The fraction of sp³-hybridized carbons (Fsp3) is 0.844. The number of unbranched alkanes of at least 4 members (excludes halogenated alkanes) is 26. The van der Waals surface area contributed by atoms with Crippen molar-refractivity contribution in [3.05, 3.63) is 36.5 Å². The summed E-state index contributed by atoms with van der Waals surface area (Å²) >= 11 is 0. The lowest BCUT2D eigenvalue weighted by Gasteiger charge is -2.15. The van der Waals surface area contributed by atoms with Crippen molar-refractivity contribution >= 4 is 5.97 Å². The Hall–Kier alpha value is -1.39. The van der Waals surface area contributed by atoms with Crippen molar-refractivity contribution < 1.29 is 19.4 Å². The number of allylic oxidation sites excluding steroid dienone is 6. The van der Waals surface area contributed by atoms with Crippen LogP contribution in [0.15, 0.2) is 36.5 Å². The van der Waals surface area contributed by atoms with Crippen molar-refractivity contribution in [3.8, 4) is 0 Å². The molecule has 0 spiro atoms. The van der Waals surface area contributed by atoms with E-state index >= 15 is 0 Å². The molecule has 0 amide bonds. The van der Waals surface area contributed by atoms with Crippen LogP contribution in [-0.2, 0) is 14.3 Å². The number of rotatable bonds is 40. The van der Waals surface area contributed by atoms with Gasteiger partial charge < -0.3 is 14.6 Å². The molecule has 0 fully saturated rings. The number of hydrogen-bond acceptors (Lipinski definition) is 4. The minimum atomic E-state index is -0.535. The highest BCUT2D eigenvalue weighted by Crippen LogP contribution is 2.14. The van der Waals surface area contributed by atoms with E-state index in [0.29, 0.717) is 19.6 Å². The number of aliphatic hydroxyl groups is 1. The second-order valence-corrected chi connectivity index (χ2v) is 14.4. The van der Waals surface area contributed by atoms with Gasteiger partial charge in [0.25, 0.3) is 0 Å². The Bertz CT molecular complexity index is 728. The smallest absolute Gasteiger partial charge is 0.306 e. The van der Waals surface area contributed by atoms with Crippen LogP contribution in [0.3, 0.4) is 0 Å². The van der Waals surface area contributed by atoms with Gasteiger partial charge in [0.15, 0.2) is 0 Å². The fourth-order valence-corrected chi connectivity index (χ4v) is 6.16. The van der Waals surface area contributed by atoms with Crippen molar-refractivity contribution in [2.24, 2.45) is 0 Å². The van der Waals surface area contributed by atoms with Crippen LogP contribution < -0.4 is 0 Å². The molecule has 0 rings (SSSR count). The third-order valence-corrected chi connectivity index (χ3v) is 9.44. The molecule has 0 bridgehead atoms. The first kappa shape index (κ1) is 47.6. The molecule has 1 atom stereocenters. The van der Waals surface area contributed by atoms with Crippen LogP contribution in [0.5, 0.6) is 0 Å². The molecule has 288 valence electrons. The molecule has 0 radical (unpaired) electrons. The topological polar surface area (TPSA) is 55.8 Å². The standard InChI is InChI=1S/C45H84O4/c1-3-5-7-9-11-13-15-17-18-19-20-21-22-23-24-25-26-27-28-29-30-32-34-36-38-40-45(47)49-44(42-46)43-48-41-39-37-35-33-31-16-14-12-10-8-6-4-2/h10,12,15,17,19-20,44,46H,3-9,11,13-14,16,18,21-43H2,1-2H3/b12-10-,17-15-,20-19-. The Kier molecular flexibility index (Phi) is 41.6. The summed E-state index contributed by atoms with van der Waals surface area (Å²) in [5.74, 6) is -0.203. The molecule has 0 aliphatic rings. The van der Waals surface area contributed by atoms with E-state index < -0.39 is 6.10 Å². The molecule has 0 aliphatic carbocycles. The van der Waals surface area contributed by atoms with E-state index in [0.717, 1.165) is 25.7 Å². The van der Waals surface area contributed by atoms with Gasteiger partial charge in [0.1, 0.15) is 6.10 Å². The molecule has 0 aromatic carbocycles. The predicted octanol–water partition coefficient (Wildman–Crippen LogP) is 14.1. The monoisotopic (exact) mass is 689 g/mol. The van der Waals surface area contributed by atoms with E-state index in [1.54, 1.807) is 0 Å². The van der Waals surface area contributed by atoms with Crippen LogP contribution in [0, 0.1) is 0 Å². The summed E-state index contributed by atoms with van der Waals surface area (Å²) in [4.78, 5) is 12.2. The van der Waals surface area contributed by atoms with E-state index in [2.05, 4.69) is 50.3 Å². The second-order valence-electron chi connectivity index (χ2n) is 14.4. The second kappa shape index (κ2) is 42.8. The number of esters is 1. The molecular formula is C45H84O4. The van der Waals surface area contributed by atoms with Crippen molar-refractivity contribution in [1.82, 2.24) is 0 Å². The summed E-state index contributed by atoms with van der Waals surface area (Å²) in [6.07, 6.45) is 53.5. The van der Waals surface area contributed by atoms with Gasteiger partial charge in [0.2, 0.25) is 0 Å². The van der Waals surface area contributed by atoms with Crippen LogP contribution in [-0.4, -0.2) is 37.0 Å². The quantitative estimate of drug-likeness (QED) is 0.0395. The summed E-state index contributed by atoms with van der Waals surface area (Å²) in [5.41, 5.74) is 0. The Balaban J connectivity index is 3.40. The van der Waals surface area contributed by atoms with Gasteiger partial charge in [-0.2, -0.15) is 0 Å². The fourth-order valence-electron chi connectivity index (χ4n) is 6.16. The van der Waals surface area contributed by atoms with E-state index in [1.165, 1.54) is 173 Å². The zero-order valence-electron chi connectivity index (χ0n) is 33.0. The van der Waals surface area contributed by atoms with Crippen LogP contribution in [0.4, 0.5) is 0 Å². The van der Waals surface area contributed by atoms with Gasteiger partial charge in [-0.15, -0.1) is 0 Å². The highest BCUT2D eigenvalue weighted by Gasteiger charge is 2.13. The molecule has 0 aromatic heterocycles. The Morgan fingerprint density at radius 3 is 1.35 bits per heavy atom. The van der Waals surface area contributed by atoms with Crippen LogP contribution in [0.2, 0.25) is 0 Å². The predicted molar refractivity (Wildman–Crippen MR) is 214 cm³/mol. The summed E-state index contributed by atoms with van der Waals surface area (Å²) in [6, 6.07) is 0. The molecule has 0 saturated heterocycles. The van der Waals surface area contributed by atoms with Crippen LogP contribution in [0.25, 0.3) is 0 Å². The van der Waals surface area contributed by atoms with Crippen molar-refractivity contribution in [1.29, 1.82) is 0 Å². The molecule has 1 N–H and O–H groups in total. The highest BCUT2D eigenvalue weighted by molar-refractivity contribution is 5.69. The van der Waals surface area contributed by atoms with E-state index in [-0.39, 0.29) is 12.6 Å². The van der Waals surface area contributed by atoms with E-state index in [4.69, 9.17) is 9.47 Å². The van der Waals surface area contributed by atoms with Gasteiger partial charge in [-0.05, 0) is 64.2 Å². The summed E-state index contributed by atoms with van der Waals surface area (Å²) in [6.45, 7) is 5.31. The average Bonchev–Trinajstić information content (AvgIpc) is 3.11. The number of hydrogen-bond donors (Lipinski definition) is 1.